The summed E-state index contributed by atoms with van der Waals surface area (Å²) in [5, 5.41) is 6.79. The molecule has 1 rings (SSSR count). The van der Waals surface area contributed by atoms with Gasteiger partial charge in [-0.2, -0.15) is 0 Å². The molecule has 0 fully saturated rings. The molecule has 1 aromatic carbocycles. The van der Waals surface area contributed by atoms with E-state index in [-0.39, 0.29) is 24.8 Å². The van der Waals surface area contributed by atoms with Crippen LogP contribution in [0.25, 0.3) is 0 Å². The second-order valence-corrected chi connectivity index (χ2v) is 2.14. The fourth-order valence-corrected chi connectivity index (χ4v) is 0.734. The number of benzene rings is 1. The van der Waals surface area contributed by atoms with Crippen molar-refractivity contribution in [1.29, 1.82) is 5.41 Å². The summed E-state index contributed by atoms with van der Waals surface area (Å²) < 4.78 is 37.4. The van der Waals surface area contributed by atoms with Crippen LogP contribution in [0.5, 0.6) is 0 Å². The van der Waals surface area contributed by atoms with Crippen molar-refractivity contribution in [3.05, 3.63) is 35.1 Å². The molecule has 1 aromatic rings. The molecule has 0 aliphatic carbocycles. The highest BCUT2D eigenvalue weighted by atomic mass is 35.5. The van der Waals surface area contributed by atoms with Crippen molar-refractivity contribution in [3.8, 4) is 0 Å². The number of hydrogen-bond donors (Lipinski definition) is 2. The second-order valence-electron chi connectivity index (χ2n) is 2.14. The highest BCUT2D eigenvalue weighted by Crippen LogP contribution is 2.14. The molecule has 3 N–H and O–H groups in total. The van der Waals surface area contributed by atoms with Gasteiger partial charge < -0.3 is 5.73 Å². The number of nitrogen functional groups attached to an aromatic ring is 1. The zero-order chi connectivity index (χ0) is 9.30. The van der Waals surface area contributed by atoms with Crippen molar-refractivity contribution in [2.24, 2.45) is 5.73 Å². The molecule has 0 amide bonds. The Balaban J connectivity index is 0. The van der Waals surface area contributed by atoms with Crippen molar-refractivity contribution in [2.75, 3.05) is 0 Å². The van der Waals surface area contributed by atoms with Crippen LogP contribution >= 0.6 is 24.8 Å². The molecule has 0 aliphatic heterocycles. The van der Waals surface area contributed by atoms with Gasteiger partial charge in [-0.25, -0.2) is 13.2 Å². The molecule has 0 spiro atoms. The van der Waals surface area contributed by atoms with Crippen molar-refractivity contribution in [1.82, 2.24) is 0 Å². The summed E-state index contributed by atoms with van der Waals surface area (Å²) in [5.41, 5.74) is 4.45. The number of halogens is 5. The standard InChI is InChI=1S/C7H5F3N2.2ClH/c8-4-2-1-3(7(11)12)5(9)6(4)10;;/h1-2H,(H3,11,12);2*1H. The van der Waals surface area contributed by atoms with E-state index in [1.54, 1.807) is 0 Å². The summed E-state index contributed by atoms with van der Waals surface area (Å²) in [6, 6.07) is 1.63. The quantitative estimate of drug-likeness (QED) is 0.446. The summed E-state index contributed by atoms with van der Waals surface area (Å²) in [5.74, 6) is -4.96. The summed E-state index contributed by atoms with van der Waals surface area (Å²) in [6.07, 6.45) is 0. The molecular weight excluding hydrogens is 240 g/mol. The molecule has 0 saturated heterocycles. The summed E-state index contributed by atoms with van der Waals surface area (Å²) >= 11 is 0. The SMILES string of the molecule is Cl.Cl.N=C(N)c1ccc(F)c(F)c1F. The Hall–Kier alpha value is -0.940. The monoisotopic (exact) mass is 246 g/mol. The molecule has 14 heavy (non-hydrogen) atoms. The zero-order valence-corrected chi connectivity index (χ0v) is 8.32. The van der Waals surface area contributed by atoms with E-state index < -0.39 is 28.9 Å². The number of nitrogens with one attached hydrogen (secondary N) is 1. The topological polar surface area (TPSA) is 49.9 Å². The zero-order valence-electron chi connectivity index (χ0n) is 6.68. The molecule has 0 aromatic heterocycles. The first-order valence-electron chi connectivity index (χ1n) is 3.02. The molecule has 0 unspecified atom stereocenters. The minimum atomic E-state index is -1.61. The first-order chi connectivity index (χ1) is 5.54. The lowest BCUT2D eigenvalue weighted by Crippen LogP contribution is -2.14. The molecule has 0 saturated carbocycles. The first kappa shape index (κ1) is 15.5. The lowest BCUT2D eigenvalue weighted by atomic mass is 10.2. The van der Waals surface area contributed by atoms with Gasteiger partial charge in [0.05, 0.1) is 5.56 Å². The highest BCUT2D eigenvalue weighted by Gasteiger charge is 2.14. The lowest BCUT2D eigenvalue weighted by Gasteiger charge is -2.01. The van der Waals surface area contributed by atoms with Crippen LogP contribution in [0.2, 0.25) is 0 Å². The van der Waals surface area contributed by atoms with Gasteiger partial charge >= 0.3 is 0 Å². The van der Waals surface area contributed by atoms with Gasteiger partial charge in [-0.3, -0.25) is 5.41 Å². The third-order valence-electron chi connectivity index (χ3n) is 1.33. The van der Waals surface area contributed by atoms with Crippen molar-refractivity contribution < 1.29 is 13.2 Å². The molecule has 2 nitrogen and oxygen atoms in total. The fourth-order valence-electron chi connectivity index (χ4n) is 0.734. The Kier molecular flexibility index (Phi) is 6.34. The molecule has 0 heterocycles. The number of amidine groups is 1. The van der Waals surface area contributed by atoms with Crippen LogP contribution in [0.15, 0.2) is 12.1 Å². The van der Waals surface area contributed by atoms with E-state index in [4.69, 9.17) is 11.1 Å². The minimum Gasteiger partial charge on any atom is -0.384 e. The van der Waals surface area contributed by atoms with Crippen molar-refractivity contribution in [3.63, 3.8) is 0 Å². The van der Waals surface area contributed by atoms with Crippen LogP contribution in [0, 0.1) is 22.9 Å². The van der Waals surface area contributed by atoms with Gasteiger partial charge in [0.25, 0.3) is 0 Å². The third kappa shape index (κ3) is 2.78. The Morgan fingerprint density at radius 2 is 1.57 bits per heavy atom. The molecular formula is C7H7Cl2F3N2. The van der Waals surface area contributed by atoms with Crippen molar-refractivity contribution >= 4 is 30.6 Å². The second kappa shape index (κ2) is 5.72. The Labute approximate surface area is 90.6 Å². The number of nitrogens with two attached hydrogens (primary N) is 1. The molecule has 0 bridgehead atoms. The third-order valence-corrected chi connectivity index (χ3v) is 1.33. The average Bonchev–Trinajstić information content (AvgIpc) is 2.00. The maximum atomic E-state index is 12.7. The molecule has 0 radical (unpaired) electrons. The van der Waals surface area contributed by atoms with Gasteiger partial charge in [-0.05, 0) is 12.1 Å². The smallest absolute Gasteiger partial charge is 0.195 e. The molecule has 7 heteroatoms. The highest BCUT2D eigenvalue weighted by molar-refractivity contribution is 5.95. The van der Waals surface area contributed by atoms with Crippen LogP contribution < -0.4 is 5.73 Å². The molecule has 0 aliphatic rings. The van der Waals surface area contributed by atoms with Gasteiger partial charge in [0.2, 0.25) is 0 Å². The number of hydrogen-bond acceptors (Lipinski definition) is 1. The van der Waals surface area contributed by atoms with Gasteiger partial charge in [-0.1, -0.05) is 0 Å². The molecule has 80 valence electrons. The van der Waals surface area contributed by atoms with Crippen LogP contribution in [-0.2, 0) is 0 Å². The largest absolute Gasteiger partial charge is 0.384 e. The summed E-state index contributed by atoms with van der Waals surface area (Å²) in [7, 11) is 0. The Morgan fingerprint density at radius 1 is 1.07 bits per heavy atom. The number of rotatable bonds is 1. The summed E-state index contributed by atoms with van der Waals surface area (Å²) in [6.45, 7) is 0. The van der Waals surface area contributed by atoms with Gasteiger partial charge in [0.15, 0.2) is 17.5 Å². The summed E-state index contributed by atoms with van der Waals surface area (Å²) in [4.78, 5) is 0. The first-order valence-corrected chi connectivity index (χ1v) is 3.02. The van der Waals surface area contributed by atoms with E-state index in [2.05, 4.69) is 0 Å². The van der Waals surface area contributed by atoms with E-state index in [1.807, 2.05) is 0 Å². The Morgan fingerprint density at radius 3 is 2.00 bits per heavy atom. The van der Waals surface area contributed by atoms with Crippen LogP contribution in [0.3, 0.4) is 0 Å². The Bertz CT molecular complexity index is 344. The predicted molar refractivity (Wildman–Crippen MR) is 51.8 cm³/mol. The maximum absolute atomic E-state index is 12.7. The van der Waals surface area contributed by atoms with Crippen LogP contribution in [-0.4, -0.2) is 5.84 Å². The maximum Gasteiger partial charge on any atom is 0.195 e. The molecule has 0 atom stereocenters. The minimum absolute atomic E-state index is 0. The normalized spacial score (nSPS) is 8.50. The van der Waals surface area contributed by atoms with Gasteiger partial charge in [0.1, 0.15) is 5.84 Å². The lowest BCUT2D eigenvalue weighted by molar-refractivity contribution is 0.446. The van der Waals surface area contributed by atoms with E-state index in [0.717, 1.165) is 12.1 Å². The van der Waals surface area contributed by atoms with Gasteiger partial charge in [0, 0.05) is 0 Å². The van der Waals surface area contributed by atoms with E-state index in [9.17, 15) is 13.2 Å². The van der Waals surface area contributed by atoms with E-state index in [1.165, 1.54) is 0 Å². The van der Waals surface area contributed by atoms with E-state index >= 15 is 0 Å². The fraction of sp³-hybridized carbons (Fsp3) is 0. The predicted octanol–water partition coefficient (Wildman–Crippen LogP) is 2.23. The average molecular weight is 247 g/mol. The van der Waals surface area contributed by atoms with Crippen LogP contribution in [0.4, 0.5) is 13.2 Å². The van der Waals surface area contributed by atoms with Crippen molar-refractivity contribution in [2.45, 2.75) is 0 Å². The van der Waals surface area contributed by atoms with E-state index in [0.29, 0.717) is 0 Å². The van der Waals surface area contributed by atoms with Crippen LogP contribution in [0.1, 0.15) is 5.56 Å². The van der Waals surface area contributed by atoms with Gasteiger partial charge in [-0.15, -0.1) is 24.8 Å².